The van der Waals surface area contributed by atoms with Gasteiger partial charge in [0.1, 0.15) is 5.76 Å². The molecule has 1 aromatic rings. The van der Waals surface area contributed by atoms with Crippen molar-refractivity contribution >= 4 is 29.9 Å². The summed E-state index contributed by atoms with van der Waals surface area (Å²) < 4.78 is 5.74. The Balaban J connectivity index is 0.00000225. The summed E-state index contributed by atoms with van der Waals surface area (Å²) in [4.78, 5) is 9.47. The Morgan fingerprint density at radius 2 is 1.96 bits per heavy atom. The van der Waals surface area contributed by atoms with Crippen LogP contribution in [0.25, 0.3) is 0 Å². The molecule has 0 aromatic carbocycles. The summed E-state index contributed by atoms with van der Waals surface area (Å²) in [5.41, 5.74) is 0. The standard InChI is InChI=1S/C19H32N4O.HI/c1-16-8-12-23(13-9-16)19(20-2)21-15-17(18-7-6-14-24-18)22-10-4-3-5-11-22;/h6-7,14,16-17H,3-5,8-13,15H2,1-2H3,(H,20,21);1H. The maximum Gasteiger partial charge on any atom is 0.193 e. The lowest BCUT2D eigenvalue weighted by Crippen LogP contribution is -2.48. The Labute approximate surface area is 169 Å². The van der Waals surface area contributed by atoms with Crippen molar-refractivity contribution in [2.45, 2.75) is 45.1 Å². The molecule has 0 spiro atoms. The molecule has 5 nitrogen and oxygen atoms in total. The predicted molar refractivity (Wildman–Crippen MR) is 114 cm³/mol. The first kappa shape index (κ1) is 20.6. The van der Waals surface area contributed by atoms with Crippen molar-refractivity contribution in [2.24, 2.45) is 10.9 Å². The highest BCUT2D eigenvalue weighted by Gasteiger charge is 2.26. The highest BCUT2D eigenvalue weighted by atomic mass is 127. The monoisotopic (exact) mass is 460 g/mol. The van der Waals surface area contributed by atoms with Crippen molar-refractivity contribution in [3.63, 3.8) is 0 Å². The molecule has 1 aromatic heterocycles. The summed E-state index contributed by atoms with van der Waals surface area (Å²) in [7, 11) is 1.89. The van der Waals surface area contributed by atoms with Gasteiger partial charge in [-0.15, -0.1) is 24.0 Å². The number of halogens is 1. The van der Waals surface area contributed by atoms with Gasteiger partial charge >= 0.3 is 0 Å². The first-order valence-corrected chi connectivity index (χ1v) is 9.51. The molecular weight excluding hydrogens is 427 g/mol. The van der Waals surface area contributed by atoms with Crippen LogP contribution < -0.4 is 5.32 Å². The Kier molecular flexibility index (Phi) is 8.55. The highest BCUT2D eigenvalue weighted by Crippen LogP contribution is 2.24. The van der Waals surface area contributed by atoms with Gasteiger partial charge in [-0.05, 0) is 56.8 Å². The fourth-order valence-corrected chi connectivity index (χ4v) is 3.86. The van der Waals surface area contributed by atoms with Crippen LogP contribution >= 0.6 is 24.0 Å². The molecule has 3 heterocycles. The Morgan fingerprint density at radius 3 is 2.56 bits per heavy atom. The topological polar surface area (TPSA) is 44.0 Å². The molecule has 3 rings (SSSR count). The lowest BCUT2D eigenvalue weighted by molar-refractivity contribution is 0.145. The molecule has 0 bridgehead atoms. The van der Waals surface area contributed by atoms with E-state index in [9.17, 15) is 0 Å². The van der Waals surface area contributed by atoms with Crippen molar-refractivity contribution in [1.29, 1.82) is 0 Å². The molecule has 1 N–H and O–H groups in total. The fraction of sp³-hybridized carbons (Fsp3) is 0.737. The van der Waals surface area contributed by atoms with Gasteiger partial charge in [-0.2, -0.15) is 0 Å². The van der Waals surface area contributed by atoms with Gasteiger partial charge in [-0.1, -0.05) is 13.3 Å². The summed E-state index contributed by atoms with van der Waals surface area (Å²) >= 11 is 0. The first-order chi connectivity index (χ1) is 11.8. The van der Waals surface area contributed by atoms with Crippen molar-refractivity contribution in [2.75, 3.05) is 39.8 Å². The Hall–Kier alpha value is -0.760. The van der Waals surface area contributed by atoms with Crippen LogP contribution in [-0.2, 0) is 0 Å². The van der Waals surface area contributed by atoms with E-state index < -0.39 is 0 Å². The molecule has 6 heteroatoms. The zero-order valence-electron chi connectivity index (χ0n) is 15.6. The van der Waals surface area contributed by atoms with E-state index in [1.54, 1.807) is 6.26 Å². The normalized spacial score (nSPS) is 21.7. The van der Waals surface area contributed by atoms with E-state index in [0.717, 1.165) is 50.4 Å². The molecule has 0 saturated carbocycles. The van der Waals surface area contributed by atoms with Gasteiger partial charge in [0.2, 0.25) is 0 Å². The van der Waals surface area contributed by atoms with E-state index in [4.69, 9.17) is 4.42 Å². The number of hydrogen-bond acceptors (Lipinski definition) is 3. The summed E-state index contributed by atoms with van der Waals surface area (Å²) in [6.45, 7) is 7.73. The summed E-state index contributed by atoms with van der Waals surface area (Å²) in [6.07, 6.45) is 8.23. The Morgan fingerprint density at radius 1 is 1.24 bits per heavy atom. The van der Waals surface area contributed by atoms with Crippen molar-refractivity contribution in [3.8, 4) is 0 Å². The number of nitrogens with zero attached hydrogens (tertiary/aromatic N) is 3. The molecule has 2 aliphatic rings. The zero-order valence-corrected chi connectivity index (χ0v) is 17.9. The molecule has 0 aliphatic carbocycles. The smallest absolute Gasteiger partial charge is 0.193 e. The van der Waals surface area contributed by atoms with E-state index in [0.29, 0.717) is 6.04 Å². The summed E-state index contributed by atoms with van der Waals surface area (Å²) in [6, 6.07) is 4.39. The molecule has 2 saturated heterocycles. The lowest BCUT2D eigenvalue weighted by Gasteiger charge is -2.36. The highest BCUT2D eigenvalue weighted by molar-refractivity contribution is 14.0. The second-order valence-corrected chi connectivity index (χ2v) is 7.23. The van der Waals surface area contributed by atoms with Crippen LogP contribution in [0.5, 0.6) is 0 Å². The lowest BCUT2D eigenvalue weighted by atomic mass is 9.99. The van der Waals surface area contributed by atoms with Crippen LogP contribution in [0.2, 0.25) is 0 Å². The maximum absolute atomic E-state index is 5.74. The third-order valence-corrected chi connectivity index (χ3v) is 5.45. The number of guanidine groups is 1. The summed E-state index contributed by atoms with van der Waals surface area (Å²) in [5.74, 6) is 2.94. The van der Waals surface area contributed by atoms with E-state index in [2.05, 4.69) is 33.1 Å². The molecule has 1 unspecified atom stereocenters. The van der Waals surface area contributed by atoms with Gasteiger partial charge < -0.3 is 14.6 Å². The molecule has 1 atom stereocenters. The molecule has 25 heavy (non-hydrogen) atoms. The summed E-state index contributed by atoms with van der Waals surface area (Å²) in [5, 5.41) is 3.61. The molecule has 2 aliphatic heterocycles. The quantitative estimate of drug-likeness (QED) is 0.423. The average molecular weight is 460 g/mol. The minimum atomic E-state index is 0. The first-order valence-electron chi connectivity index (χ1n) is 9.51. The molecule has 0 amide bonds. The van der Waals surface area contributed by atoms with Crippen LogP contribution in [0.1, 0.15) is 50.8 Å². The molecule has 142 valence electrons. The number of aliphatic imine (C=N–C) groups is 1. The van der Waals surface area contributed by atoms with Crippen LogP contribution in [-0.4, -0.2) is 55.5 Å². The second kappa shape index (κ2) is 10.4. The van der Waals surface area contributed by atoms with Gasteiger partial charge in [-0.3, -0.25) is 9.89 Å². The van der Waals surface area contributed by atoms with Crippen molar-refractivity contribution < 1.29 is 4.42 Å². The number of nitrogens with one attached hydrogen (secondary N) is 1. The predicted octanol–water partition coefficient (Wildman–Crippen LogP) is 3.73. The third-order valence-electron chi connectivity index (χ3n) is 5.45. The Bertz CT molecular complexity index is 506. The van der Waals surface area contributed by atoms with Gasteiger partial charge in [0.05, 0.1) is 12.3 Å². The van der Waals surface area contributed by atoms with Gasteiger partial charge in [0.25, 0.3) is 0 Å². The number of likely N-dealkylation sites (tertiary alicyclic amines) is 2. The number of furan rings is 1. The van der Waals surface area contributed by atoms with E-state index in [1.165, 1.54) is 32.1 Å². The van der Waals surface area contributed by atoms with E-state index >= 15 is 0 Å². The van der Waals surface area contributed by atoms with Crippen molar-refractivity contribution in [1.82, 2.24) is 15.1 Å². The largest absolute Gasteiger partial charge is 0.468 e. The molecular formula is C19H33IN4O. The number of piperidine rings is 2. The average Bonchev–Trinajstić information content (AvgIpc) is 3.15. The maximum atomic E-state index is 5.74. The van der Waals surface area contributed by atoms with Gasteiger partial charge in [0.15, 0.2) is 5.96 Å². The minimum Gasteiger partial charge on any atom is -0.468 e. The van der Waals surface area contributed by atoms with E-state index in [-0.39, 0.29) is 24.0 Å². The van der Waals surface area contributed by atoms with Crippen LogP contribution in [0, 0.1) is 5.92 Å². The number of hydrogen-bond donors (Lipinski definition) is 1. The SMILES string of the molecule is CN=C(NCC(c1ccco1)N1CCCCC1)N1CCC(C)CC1.I. The third kappa shape index (κ3) is 5.61. The van der Waals surface area contributed by atoms with Crippen LogP contribution in [0.4, 0.5) is 0 Å². The second-order valence-electron chi connectivity index (χ2n) is 7.23. The molecule has 2 fully saturated rings. The zero-order chi connectivity index (χ0) is 16.8. The molecule has 0 radical (unpaired) electrons. The van der Waals surface area contributed by atoms with Gasteiger partial charge in [0, 0.05) is 26.7 Å². The van der Waals surface area contributed by atoms with Crippen LogP contribution in [0.15, 0.2) is 27.8 Å². The minimum absolute atomic E-state index is 0. The van der Waals surface area contributed by atoms with Crippen LogP contribution in [0.3, 0.4) is 0 Å². The number of rotatable bonds is 4. The van der Waals surface area contributed by atoms with E-state index in [1.807, 2.05) is 13.1 Å². The van der Waals surface area contributed by atoms with Gasteiger partial charge in [-0.25, -0.2) is 0 Å². The van der Waals surface area contributed by atoms with Crippen molar-refractivity contribution in [3.05, 3.63) is 24.2 Å². The fourth-order valence-electron chi connectivity index (χ4n) is 3.86.